The first-order valence-electron chi connectivity index (χ1n) is 7.02. The van der Waals surface area contributed by atoms with Gasteiger partial charge >= 0.3 is 0 Å². The first kappa shape index (κ1) is 13.3. The van der Waals surface area contributed by atoms with E-state index in [-0.39, 0.29) is 23.1 Å². The second-order valence-corrected chi connectivity index (χ2v) is 5.30. The molecule has 2 rings (SSSR count). The highest BCUT2D eigenvalue weighted by atomic mass is 19.1. The lowest BCUT2D eigenvalue weighted by molar-refractivity contribution is 0.0956. The van der Waals surface area contributed by atoms with E-state index in [9.17, 15) is 9.18 Å². The maximum atomic E-state index is 13.5. The second-order valence-electron chi connectivity index (χ2n) is 5.30. The monoisotopic (exact) mass is 248 g/mol. The maximum Gasteiger partial charge on any atom is 0.169 e. The van der Waals surface area contributed by atoms with Gasteiger partial charge in [-0.2, -0.15) is 0 Å². The zero-order valence-electron chi connectivity index (χ0n) is 11.0. The number of rotatable bonds is 7. The van der Waals surface area contributed by atoms with Crippen molar-refractivity contribution < 1.29 is 9.18 Å². The van der Waals surface area contributed by atoms with Crippen LogP contribution in [0.4, 0.5) is 4.39 Å². The SMILES string of the molecule is CCCCCC[C@H]1C[C@@H]1C(=O)c1ccccc1F. The molecule has 0 radical (unpaired) electrons. The highest BCUT2D eigenvalue weighted by Crippen LogP contribution is 2.44. The second kappa shape index (κ2) is 6.12. The summed E-state index contributed by atoms with van der Waals surface area (Å²) in [6.07, 6.45) is 7.07. The summed E-state index contributed by atoms with van der Waals surface area (Å²) in [7, 11) is 0. The summed E-state index contributed by atoms with van der Waals surface area (Å²) in [5.41, 5.74) is 0.276. The average molecular weight is 248 g/mol. The van der Waals surface area contributed by atoms with Gasteiger partial charge in [0.25, 0.3) is 0 Å². The third-order valence-corrected chi connectivity index (χ3v) is 3.83. The van der Waals surface area contributed by atoms with E-state index in [4.69, 9.17) is 0 Å². The van der Waals surface area contributed by atoms with Crippen LogP contribution < -0.4 is 0 Å². The van der Waals surface area contributed by atoms with Gasteiger partial charge < -0.3 is 0 Å². The molecule has 1 saturated carbocycles. The van der Waals surface area contributed by atoms with Gasteiger partial charge in [0.1, 0.15) is 5.82 Å². The van der Waals surface area contributed by atoms with Crippen LogP contribution in [-0.2, 0) is 0 Å². The van der Waals surface area contributed by atoms with Crippen molar-refractivity contribution in [1.29, 1.82) is 0 Å². The number of hydrogen-bond acceptors (Lipinski definition) is 1. The number of hydrogen-bond donors (Lipinski definition) is 0. The minimum absolute atomic E-state index is 0.00796. The zero-order chi connectivity index (χ0) is 13.0. The summed E-state index contributed by atoms with van der Waals surface area (Å²) < 4.78 is 13.5. The summed E-state index contributed by atoms with van der Waals surface area (Å²) in [5.74, 6) is 0.227. The van der Waals surface area contributed by atoms with Crippen LogP contribution in [0.2, 0.25) is 0 Å². The number of unbranched alkanes of at least 4 members (excludes halogenated alkanes) is 3. The highest BCUT2D eigenvalue weighted by molar-refractivity contribution is 5.99. The summed E-state index contributed by atoms with van der Waals surface area (Å²) in [5, 5.41) is 0. The van der Waals surface area contributed by atoms with Gasteiger partial charge in [0.15, 0.2) is 5.78 Å². The molecule has 2 atom stereocenters. The normalized spacial score (nSPS) is 21.9. The molecule has 98 valence electrons. The van der Waals surface area contributed by atoms with Gasteiger partial charge in [-0.3, -0.25) is 4.79 Å². The lowest BCUT2D eigenvalue weighted by Crippen LogP contribution is -2.06. The molecule has 0 aliphatic heterocycles. The van der Waals surface area contributed by atoms with Gasteiger partial charge in [-0.05, 0) is 30.9 Å². The van der Waals surface area contributed by atoms with Crippen molar-refractivity contribution in [2.75, 3.05) is 0 Å². The Balaban J connectivity index is 1.81. The molecule has 1 aromatic carbocycles. The van der Waals surface area contributed by atoms with Crippen molar-refractivity contribution in [2.45, 2.75) is 45.4 Å². The van der Waals surface area contributed by atoms with Crippen molar-refractivity contribution in [3.05, 3.63) is 35.6 Å². The predicted octanol–water partition coefficient (Wildman–Crippen LogP) is 4.61. The predicted molar refractivity (Wildman–Crippen MR) is 71.1 cm³/mol. The van der Waals surface area contributed by atoms with Crippen molar-refractivity contribution in [3.8, 4) is 0 Å². The minimum Gasteiger partial charge on any atom is -0.294 e. The Labute approximate surface area is 108 Å². The van der Waals surface area contributed by atoms with E-state index in [1.54, 1.807) is 18.2 Å². The molecule has 2 heteroatoms. The molecule has 1 aliphatic carbocycles. The fourth-order valence-electron chi connectivity index (χ4n) is 2.58. The molecule has 0 N–H and O–H groups in total. The molecule has 0 unspecified atom stereocenters. The molecular formula is C16H21FO. The van der Waals surface area contributed by atoms with Gasteiger partial charge in [-0.1, -0.05) is 44.7 Å². The van der Waals surface area contributed by atoms with Crippen molar-refractivity contribution in [2.24, 2.45) is 11.8 Å². The maximum absolute atomic E-state index is 13.5. The Morgan fingerprint density at radius 3 is 2.78 bits per heavy atom. The Bertz CT molecular complexity index is 413. The van der Waals surface area contributed by atoms with Gasteiger partial charge in [0.2, 0.25) is 0 Å². The molecule has 1 nitrogen and oxygen atoms in total. The summed E-state index contributed by atoms with van der Waals surface area (Å²) in [6, 6.07) is 6.33. The van der Waals surface area contributed by atoms with Crippen molar-refractivity contribution in [3.63, 3.8) is 0 Å². The molecule has 0 heterocycles. The largest absolute Gasteiger partial charge is 0.294 e. The number of Topliss-reactive ketones (excluding diaryl/α,β-unsaturated/α-hetero) is 1. The van der Waals surface area contributed by atoms with E-state index in [0.29, 0.717) is 5.92 Å². The fourth-order valence-corrected chi connectivity index (χ4v) is 2.58. The molecular weight excluding hydrogens is 227 g/mol. The van der Waals surface area contributed by atoms with Crippen LogP contribution in [0.25, 0.3) is 0 Å². The molecule has 1 fully saturated rings. The van der Waals surface area contributed by atoms with Gasteiger partial charge in [0, 0.05) is 5.92 Å². The first-order chi connectivity index (χ1) is 8.74. The number of benzene rings is 1. The topological polar surface area (TPSA) is 17.1 Å². The van der Waals surface area contributed by atoms with E-state index in [0.717, 1.165) is 12.8 Å². The quantitative estimate of drug-likeness (QED) is 0.508. The highest BCUT2D eigenvalue weighted by Gasteiger charge is 2.42. The number of carbonyl (C=O) groups excluding carboxylic acids is 1. The number of halogens is 1. The van der Waals surface area contributed by atoms with E-state index in [1.165, 1.54) is 31.7 Å². The van der Waals surface area contributed by atoms with Gasteiger partial charge in [-0.15, -0.1) is 0 Å². The number of ketones is 1. The van der Waals surface area contributed by atoms with E-state index >= 15 is 0 Å². The smallest absolute Gasteiger partial charge is 0.169 e. The molecule has 0 aromatic heterocycles. The van der Waals surface area contributed by atoms with Crippen LogP contribution in [0, 0.1) is 17.7 Å². The zero-order valence-corrected chi connectivity index (χ0v) is 11.0. The summed E-state index contributed by atoms with van der Waals surface area (Å²) >= 11 is 0. The van der Waals surface area contributed by atoms with Crippen molar-refractivity contribution >= 4 is 5.78 Å². The van der Waals surface area contributed by atoms with E-state index in [2.05, 4.69) is 6.92 Å². The molecule has 18 heavy (non-hydrogen) atoms. The third-order valence-electron chi connectivity index (χ3n) is 3.83. The van der Waals surface area contributed by atoms with Gasteiger partial charge in [0.05, 0.1) is 5.56 Å². The van der Waals surface area contributed by atoms with Crippen LogP contribution >= 0.6 is 0 Å². The standard InChI is InChI=1S/C16H21FO/c1-2-3-4-5-8-12-11-14(12)16(18)13-9-6-7-10-15(13)17/h6-7,9-10,12,14H,2-5,8,11H2,1H3/t12-,14-/m0/s1. The molecule has 0 amide bonds. The third kappa shape index (κ3) is 3.18. The fraction of sp³-hybridized carbons (Fsp3) is 0.562. The molecule has 1 aromatic rings. The Hall–Kier alpha value is -1.18. The van der Waals surface area contributed by atoms with E-state index < -0.39 is 0 Å². The van der Waals surface area contributed by atoms with Crippen LogP contribution in [-0.4, -0.2) is 5.78 Å². The van der Waals surface area contributed by atoms with Crippen LogP contribution in [0.3, 0.4) is 0 Å². The average Bonchev–Trinajstić information content (AvgIpc) is 3.14. The lowest BCUT2D eigenvalue weighted by Gasteiger charge is -2.02. The first-order valence-corrected chi connectivity index (χ1v) is 7.02. The van der Waals surface area contributed by atoms with Crippen molar-refractivity contribution in [1.82, 2.24) is 0 Å². The van der Waals surface area contributed by atoms with Crippen LogP contribution in [0.15, 0.2) is 24.3 Å². The Kier molecular flexibility index (Phi) is 4.51. The summed E-state index contributed by atoms with van der Waals surface area (Å²) in [6.45, 7) is 2.20. The molecule has 0 saturated heterocycles. The van der Waals surface area contributed by atoms with Crippen LogP contribution in [0.1, 0.15) is 55.8 Å². The number of carbonyl (C=O) groups is 1. The Morgan fingerprint density at radius 1 is 1.28 bits per heavy atom. The van der Waals surface area contributed by atoms with E-state index in [1.807, 2.05) is 0 Å². The molecule has 0 bridgehead atoms. The lowest BCUT2D eigenvalue weighted by atomic mass is 10.0. The molecule has 0 spiro atoms. The molecule has 1 aliphatic rings. The minimum atomic E-state index is -0.376. The van der Waals surface area contributed by atoms with Gasteiger partial charge in [-0.25, -0.2) is 4.39 Å². The summed E-state index contributed by atoms with van der Waals surface area (Å²) in [4.78, 5) is 12.1. The van der Waals surface area contributed by atoms with Crippen LogP contribution in [0.5, 0.6) is 0 Å². The Morgan fingerprint density at radius 2 is 2.06 bits per heavy atom.